The van der Waals surface area contributed by atoms with Gasteiger partial charge in [-0.05, 0) is 43.9 Å². The lowest BCUT2D eigenvalue weighted by Gasteiger charge is -2.07. The van der Waals surface area contributed by atoms with E-state index in [4.69, 9.17) is 5.73 Å². The fraction of sp³-hybridized carbons (Fsp3) is 0.462. The van der Waals surface area contributed by atoms with Gasteiger partial charge < -0.3 is 5.73 Å². The Kier molecular flexibility index (Phi) is 3.91. The van der Waals surface area contributed by atoms with Crippen molar-refractivity contribution in [3.63, 3.8) is 0 Å². The summed E-state index contributed by atoms with van der Waals surface area (Å²) in [6, 6.07) is 8.34. The number of thiazole rings is 1. The van der Waals surface area contributed by atoms with Gasteiger partial charge in [-0.1, -0.05) is 19.1 Å². The molecule has 2 aromatic rings. The molecule has 3 heteroatoms. The van der Waals surface area contributed by atoms with Gasteiger partial charge in [-0.3, -0.25) is 0 Å². The van der Waals surface area contributed by atoms with Crippen molar-refractivity contribution in [2.75, 3.05) is 6.54 Å². The molecule has 2 nitrogen and oxygen atoms in total. The fourth-order valence-electron chi connectivity index (χ4n) is 1.83. The van der Waals surface area contributed by atoms with Gasteiger partial charge in [0.25, 0.3) is 0 Å². The van der Waals surface area contributed by atoms with Crippen molar-refractivity contribution in [2.45, 2.75) is 26.2 Å². The van der Waals surface area contributed by atoms with Crippen LogP contribution >= 0.6 is 11.3 Å². The van der Waals surface area contributed by atoms with E-state index in [1.165, 1.54) is 16.1 Å². The normalized spacial score (nSPS) is 13.1. The summed E-state index contributed by atoms with van der Waals surface area (Å²) in [5.74, 6) is 0.706. The number of aryl methyl sites for hydroxylation is 1. The van der Waals surface area contributed by atoms with E-state index in [9.17, 15) is 0 Å². The van der Waals surface area contributed by atoms with Crippen LogP contribution in [0, 0.1) is 5.92 Å². The molecule has 0 radical (unpaired) electrons. The monoisotopic (exact) mass is 234 g/mol. The van der Waals surface area contributed by atoms with Gasteiger partial charge in [0.2, 0.25) is 0 Å². The van der Waals surface area contributed by atoms with E-state index in [0.717, 1.165) is 24.9 Å². The number of benzene rings is 1. The zero-order chi connectivity index (χ0) is 11.4. The van der Waals surface area contributed by atoms with Crippen LogP contribution in [0.3, 0.4) is 0 Å². The van der Waals surface area contributed by atoms with Crippen molar-refractivity contribution in [3.8, 4) is 0 Å². The number of para-hydroxylation sites is 1. The number of aromatic nitrogens is 1. The summed E-state index contributed by atoms with van der Waals surface area (Å²) in [6.07, 6.45) is 3.39. The minimum absolute atomic E-state index is 0.706. The predicted octanol–water partition coefficient (Wildman–Crippen LogP) is 3.21. The summed E-state index contributed by atoms with van der Waals surface area (Å²) in [7, 11) is 0. The topological polar surface area (TPSA) is 38.9 Å². The van der Waals surface area contributed by atoms with Gasteiger partial charge in [0.15, 0.2) is 0 Å². The fourth-order valence-corrected chi connectivity index (χ4v) is 2.81. The number of nitrogens with zero attached hydrogens (tertiary/aromatic N) is 1. The van der Waals surface area contributed by atoms with Gasteiger partial charge in [-0.2, -0.15) is 0 Å². The van der Waals surface area contributed by atoms with Crippen molar-refractivity contribution in [3.05, 3.63) is 29.3 Å². The minimum Gasteiger partial charge on any atom is -0.330 e. The second-order valence-corrected chi connectivity index (χ2v) is 5.41. The molecule has 0 aliphatic rings. The Morgan fingerprint density at radius 2 is 2.12 bits per heavy atom. The molecule has 1 unspecified atom stereocenters. The van der Waals surface area contributed by atoms with Crippen LogP contribution in [0.15, 0.2) is 24.3 Å². The lowest BCUT2D eigenvalue weighted by molar-refractivity contribution is 0.499. The van der Waals surface area contributed by atoms with Gasteiger partial charge in [0, 0.05) is 0 Å². The van der Waals surface area contributed by atoms with E-state index in [1.54, 1.807) is 0 Å². The number of rotatable bonds is 5. The van der Waals surface area contributed by atoms with E-state index in [1.807, 2.05) is 17.4 Å². The molecule has 0 aliphatic heterocycles. The summed E-state index contributed by atoms with van der Waals surface area (Å²) >= 11 is 1.81. The molecular weight excluding hydrogens is 216 g/mol. The number of hydrogen-bond acceptors (Lipinski definition) is 3. The Hall–Kier alpha value is -0.930. The van der Waals surface area contributed by atoms with Crippen LogP contribution in [0.25, 0.3) is 10.2 Å². The summed E-state index contributed by atoms with van der Waals surface area (Å²) in [4.78, 5) is 4.63. The zero-order valence-corrected chi connectivity index (χ0v) is 10.5. The maximum absolute atomic E-state index is 5.55. The Labute approximate surface area is 101 Å². The number of fused-ring (bicyclic) bond motifs is 1. The van der Waals surface area contributed by atoms with E-state index in [0.29, 0.717) is 5.92 Å². The number of nitrogens with two attached hydrogens (primary N) is 1. The quantitative estimate of drug-likeness (QED) is 0.862. The molecule has 0 spiro atoms. The van der Waals surface area contributed by atoms with Crippen molar-refractivity contribution in [1.29, 1.82) is 0 Å². The van der Waals surface area contributed by atoms with Crippen LogP contribution in [0.1, 0.15) is 24.8 Å². The zero-order valence-electron chi connectivity index (χ0n) is 9.65. The summed E-state index contributed by atoms with van der Waals surface area (Å²) in [5, 5.41) is 1.25. The Balaban J connectivity index is 1.99. The molecule has 0 saturated carbocycles. The molecule has 0 amide bonds. The van der Waals surface area contributed by atoms with E-state index in [-0.39, 0.29) is 0 Å². The average Bonchev–Trinajstić information content (AvgIpc) is 2.69. The van der Waals surface area contributed by atoms with Gasteiger partial charge in [-0.25, -0.2) is 4.98 Å². The third-order valence-electron chi connectivity index (χ3n) is 2.85. The van der Waals surface area contributed by atoms with Crippen LogP contribution in [0.2, 0.25) is 0 Å². The molecule has 2 rings (SSSR count). The summed E-state index contributed by atoms with van der Waals surface area (Å²) in [5.41, 5.74) is 6.68. The van der Waals surface area contributed by atoms with Crippen molar-refractivity contribution < 1.29 is 0 Å². The molecule has 1 aromatic heterocycles. The first kappa shape index (κ1) is 11.6. The van der Waals surface area contributed by atoms with Crippen LogP contribution in [-0.4, -0.2) is 11.5 Å². The van der Waals surface area contributed by atoms with Gasteiger partial charge >= 0.3 is 0 Å². The molecule has 1 aromatic carbocycles. The highest BCUT2D eigenvalue weighted by molar-refractivity contribution is 7.18. The Bertz CT molecular complexity index is 417. The smallest absolute Gasteiger partial charge is 0.0938 e. The van der Waals surface area contributed by atoms with Crippen LogP contribution in [0.4, 0.5) is 0 Å². The standard InChI is InChI=1S/C13H18N2S/c1-10(8-9-14)6-7-13-15-11-4-2-3-5-12(11)16-13/h2-5,10H,6-9,14H2,1H3. The lowest BCUT2D eigenvalue weighted by atomic mass is 10.0. The molecule has 86 valence electrons. The molecule has 0 fully saturated rings. The first-order chi connectivity index (χ1) is 7.79. The average molecular weight is 234 g/mol. The SMILES string of the molecule is CC(CCN)CCc1nc2ccccc2s1. The molecule has 1 atom stereocenters. The lowest BCUT2D eigenvalue weighted by Crippen LogP contribution is -2.06. The highest BCUT2D eigenvalue weighted by Gasteiger charge is 2.06. The maximum atomic E-state index is 5.55. The first-order valence-corrected chi connectivity index (χ1v) is 6.65. The van der Waals surface area contributed by atoms with Gasteiger partial charge in [0.05, 0.1) is 15.2 Å². The largest absolute Gasteiger partial charge is 0.330 e. The molecule has 0 saturated heterocycles. The van der Waals surface area contributed by atoms with Gasteiger partial charge in [-0.15, -0.1) is 11.3 Å². The maximum Gasteiger partial charge on any atom is 0.0938 e. The van der Waals surface area contributed by atoms with E-state index in [2.05, 4.69) is 30.1 Å². The van der Waals surface area contributed by atoms with Crippen molar-refractivity contribution >= 4 is 21.6 Å². The van der Waals surface area contributed by atoms with Crippen molar-refractivity contribution in [2.24, 2.45) is 11.7 Å². The Morgan fingerprint density at radius 1 is 1.31 bits per heavy atom. The first-order valence-electron chi connectivity index (χ1n) is 5.84. The third kappa shape index (κ3) is 2.80. The van der Waals surface area contributed by atoms with Crippen LogP contribution in [-0.2, 0) is 6.42 Å². The molecule has 0 bridgehead atoms. The highest BCUT2D eigenvalue weighted by Crippen LogP contribution is 2.23. The minimum atomic E-state index is 0.706. The van der Waals surface area contributed by atoms with Crippen LogP contribution in [0.5, 0.6) is 0 Å². The second kappa shape index (κ2) is 5.41. The summed E-state index contributed by atoms with van der Waals surface area (Å²) in [6.45, 7) is 3.06. The van der Waals surface area contributed by atoms with E-state index < -0.39 is 0 Å². The third-order valence-corrected chi connectivity index (χ3v) is 3.94. The predicted molar refractivity (Wildman–Crippen MR) is 70.8 cm³/mol. The Morgan fingerprint density at radius 3 is 2.88 bits per heavy atom. The van der Waals surface area contributed by atoms with Crippen molar-refractivity contribution in [1.82, 2.24) is 4.98 Å². The second-order valence-electron chi connectivity index (χ2n) is 4.30. The number of hydrogen-bond donors (Lipinski definition) is 1. The molecular formula is C13H18N2S. The highest BCUT2D eigenvalue weighted by atomic mass is 32.1. The molecule has 0 aliphatic carbocycles. The molecule has 16 heavy (non-hydrogen) atoms. The molecule has 1 heterocycles. The summed E-state index contributed by atoms with van der Waals surface area (Å²) < 4.78 is 1.30. The molecule has 2 N–H and O–H groups in total. The van der Waals surface area contributed by atoms with Crippen LogP contribution < -0.4 is 5.73 Å². The van der Waals surface area contributed by atoms with E-state index >= 15 is 0 Å². The van der Waals surface area contributed by atoms with Gasteiger partial charge in [0.1, 0.15) is 0 Å².